The molecule has 0 bridgehead atoms. The van der Waals surface area contributed by atoms with Gasteiger partial charge in [-0.2, -0.15) is 0 Å². The third-order valence-electron chi connectivity index (χ3n) is 1.59. The van der Waals surface area contributed by atoms with E-state index in [0.29, 0.717) is 5.92 Å². The molecule has 0 amide bonds. The normalized spacial score (nSPS) is 29.1. The Balaban J connectivity index is 2.42. The van der Waals surface area contributed by atoms with Crippen LogP contribution in [0.3, 0.4) is 0 Å². The van der Waals surface area contributed by atoms with E-state index in [2.05, 4.69) is 6.92 Å². The van der Waals surface area contributed by atoms with Crippen molar-refractivity contribution in [1.29, 1.82) is 5.41 Å². The van der Waals surface area contributed by atoms with Crippen molar-refractivity contribution in [3.63, 3.8) is 0 Å². The summed E-state index contributed by atoms with van der Waals surface area (Å²) in [6.45, 7) is 2.16. The lowest BCUT2D eigenvalue weighted by molar-refractivity contribution is 0.666. The Morgan fingerprint density at radius 3 is 2.88 bits per heavy atom. The SMILES string of the molecule is CCC1CCSC1=N. The Hall–Kier alpha value is 0.0200. The molecular weight excluding hydrogens is 118 g/mol. The molecule has 1 atom stereocenters. The van der Waals surface area contributed by atoms with Gasteiger partial charge < -0.3 is 0 Å². The zero-order valence-electron chi connectivity index (χ0n) is 5.11. The fourth-order valence-corrected chi connectivity index (χ4v) is 2.09. The minimum Gasteiger partial charge on any atom is -0.298 e. The molecule has 46 valence electrons. The van der Waals surface area contributed by atoms with Crippen molar-refractivity contribution < 1.29 is 0 Å². The molecule has 1 rings (SSSR count). The van der Waals surface area contributed by atoms with Gasteiger partial charge in [0, 0.05) is 5.92 Å². The van der Waals surface area contributed by atoms with E-state index < -0.39 is 0 Å². The summed E-state index contributed by atoms with van der Waals surface area (Å²) >= 11 is 1.71. The van der Waals surface area contributed by atoms with Crippen molar-refractivity contribution in [1.82, 2.24) is 0 Å². The summed E-state index contributed by atoms with van der Waals surface area (Å²) < 4.78 is 0. The fraction of sp³-hybridized carbons (Fsp3) is 0.833. The summed E-state index contributed by atoms with van der Waals surface area (Å²) in [5, 5.41) is 8.28. The molecule has 1 heterocycles. The van der Waals surface area contributed by atoms with Gasteiger partial charge in [-0.1, -0.05) is 6.92 Å². The Morgan fingerprint density at radius 1 is 1.88 bits per heavy atom. The monoisotopic (exact) mass is 129 g/mol. The van der Waals surface area contributed by atoms with E-state index in [1.807, 2.05) is 0 Å². The van der Waals surface area contributed by atoms with Gasteiger partial charge in [-0.25, -0.2) is 0 Å². The van der Waals surface area contributed by atoms with E-state index in [-0.39, 0.29) is 0 Å². The largest absolute Gasteiger partial charge is 0.298 e. The molecule has 8 heavy (non-hydrogen) atoms. The lowest BCUT2D eigenvalue weighted by atomic mass is 10.1. The van der Waals surface area contributed by atoms with Crippen LogP contribution in [0.5, 0.6) is 0 Å². The summed E-state index contributed by atoms with van der Waals surface area (Å²) in [6, 6.07) is 0. The second-order valence-corrected chi connectivity index (χ2v) is 3.24. The summed E-state index contributed by atoms with van der Waals surface area (Å²) in [7, 11) is 0. The summed E-state index contributed by atoms with van der Waals surface area (Å²) in [5.74, 6) is 1.79. The fourth-order valence-electron chi connectivity index (χ4n) is 0.950. The van der Waals surface area contributed by atoms with Crippen LogP contribution in [-0.4, -0.2) is 10.8 Å². The van der Waals surface area contributed by atoms with Crippen LogP contribution in [0.25, 0.3) is 0 Å². The maximum atomic E-state index is 7.37. The highest BCUT2D eigenvalue weighted by Gasteiger charge is 2.18. The van der Waals surface area contributed by atoms with Crippen molar-refractivity contribution in [2.24, 2.45) is 5.92 Å². The molecule has 0 radical (unpaired) electrons. The van der Waals surface area contributed by atoms with Gasteiger partial charge in [-0.15, -0.1) is 11.8 Å². The van der Waals surface area contributed by atoms with Crippen LogP contribution in [0, 0.1) is 11.3 Å². The van der Waals surface area contributed by atoms with E-state index in [4.69, 9.17) is 5.41 Å². The van der Waals surface area contributed by atoms with Crippen LogP contribution in [0.2, 0.25) is 0 Å². The van der Waals surface area contributed by atoms with Crippen LogP contribution in [0.1, 0.15) is 19.8 Å². The predicted molar refractivity (Wildman–Crippen MR) is 38.6 cm³/mol. The Kier molecular flexibility index (Phi) is 1.95. The van der Waals surface area contributed by atoms with Gasteiger partial charge in [0.25, 0.3) is 0 Å². The number of hydrogen-bond acceptors (Lipinski definition) is 2. The van der Waals surface area contributed by atoms with E-state index in [1.54, 1.807) is 11.8 Å². The van der Waals surface area contributed by atoms with Crippen molar-refractivity contribution in [3.8, 4) is 0 Å². The van der Waals surface area contributed by atoms with Crippen LogP contribution < -0.4 is 0 Å². The molecule has 0 aromatic carbocycles. The van der Waals surface area contributed by atoms with Gasteiger partial charge in [-0.05, 0) is 18.6 Å². The highest BCUT2D eigenvalue weighted by atomic mass is 32.2. The lowest BCUT2D eigenvalue weighted by Crippen LogP contribution is -1.99. The minimum atomic E-state index is 0.611. The quantitative estimate of drug-likeness (QED) is 0.576. The van der Waals surface area contributed by atoms with Crippen molar-refractivity contribution in [3.05, 3.63) is 0 Å². The third kappa shape index (κ3) is 1.05. The molecule has 1 nitrogen and oxygen atoms in total. The van der Waals surface area contributed by atoms with Crippen molar-refractivity contribution >= 4 is 16.8 Å². The second kappa shape index (κ2) is 2.53. The van der Waals surface area contributed by atoms with E-state index in [1.165, 1.54) is 12.2 Å². The number of rotatable bonds is 1. The Morgan fingerprint density at radius 2 is 2.62 bits per heavy atom. The van der Waals surface area contributed by atoms with Gasteiger partial charge in [0.15, 0.2) is 0 Å². The molecule has 1 aliphatic rings. The molecule has 0 aliphatic carbocycles. The van der Waals surface area contributed by atoms with Gasteiger partial charge in [-0.3, -0.25) is 5.41 Å². The Bertz CT molecular complexity index is 101. The summed E-state index contributed by atoms with van der Waals surface area (Å²) in [5.41, 5.74) is 0. The number of nitrogens with one attached hydrogen (secondary N) is 1. The van der Waals surface area contributed by atoms with Crippen molar-refractivity contribution in [2.45, 2.75) is 19.8 Å². The Labute approximate surface area is 54.4 Å². The molecule has 1 unspecified atom stereocenters. The molecule has 2 heteroatoms. The highest BCUT2D eigenvalue weighted by molar-refractivity contribution is 8.14. The average molecular weight is 129 g/mol. The molecule has 1 saturated heterocycles. The lowest BCUT2D eigenvalue weighted by Gasteiger charge is -2.00. The van der Waals surface area contributed by atoms with Crippen LogP contribution in [-0.2, 0) is 0 Å². The number of hydrogen-bond donors (Lipinski definition) is 1. The summed E-state index contributed by atoms with van der Waals surface area (Å²) in [4.78, 5) is 0. The molecule has 0 spiro atoms. The van der Waals surface area contributed by atoms with E-state index >= 15 is 0 Å². The van der Waals surface area contributed by atoms with E-state index in [9.17, 15) is 0 Å². The van der Waals surface area contributed by atoms with Crippen molar-refractivity contribution in [2.75, 3.05) is 5.75 Å². The molecule has 0 saturated carbocycles. The molecule has 1 aliphatic heterocycles. The highest BCUT2D eigenvalue weighted by Crippen LogP contribution is 2.27. The van der Waals surface area contributed by atoms with Crippen LogP contribution in [0.4, 0.5) is 0 Å². The maximum Gasteiger partial charge on any atom is 0.0672 e. The first-order valence-electron chi connectivity index (χ1n) is 3.06. The first-order valence-corrected chi connectivity index (χ1v) is 4.04. The molecular formula is C6H11NS. The molecule has 0 aromatic rings. The topological polar surface area (TPSA) is 23.9 Å². The van der Waals surface area contributed by atoms with Gasteiger partial charge in [0.05, 0.1) is 5.04 Å². The molecule has 0 aromatic heterocycles. The zero-order valence-corrected chi connectivity index (χ0v) is 5.92. The first kappa shape index (κ1) is 6.14. The average Bonchev–Trinajstić information content (AvgIpc) is 2.14. The van der Waals surface area contributed by atoms with E-state index in [0.717, 1.165) is 11.5 Å². The maximum absolute atomic E-state index is 7.37. The van der Waals surface area contributed by atoms with Gasteiger partial charge in [0.1, 0.15) is 0 Å². The standard InChI is InChI=1S/C6H11NS/c1-2-5-3-4-8-6(5)7/h5,7H,2-4H2,1H3. The second-order valence-electron chi connectivity index (χ2n) is 2.11. The van der Waals surface area contributed by atoms with Crippen LogP contribution in [0.15, 0.2) is 0 Å². The van der Waals surface area contributed by atoms with Crippen LogP contribution >= 0.6 is 11.8 Å². The first-order chi connectivity index (χ1) is 3.84. The molecule has 1 fully saturated rings. The zero-order chi connectivity index (χ0) is 5.98. The minimum absolute atomic E-state index is 0.611. The van der Waals surface area contributed by atoms with Gasteiger partial charge >= 0.3 is 0 Å². The van der Waals surface area contributed by atoms with Gasteiger partial charge in [0.2, 0.25) is 0 Å². The third-order valence-corrected chi connectivity index (χ3v) is 2.67. The number of thioether (sulfide) groups is 1. The summed E-state index contributed by atoms with van der Waals surface area (Å²) in [6.07, 6.45) is 2.39. The molecule has 1 N–H and O–H groups in total. The smallest absolute Gasteiger partial charge is 0.0672 e. The predicted octanol–water partition coefficient (Wildman–Crippen LogP) is 2.13.